The molecule has 0 fully saturated rings. The summed E-state index contributed by atoms with van der Waals surface area (Å²) in [5, 5.41) is 12.5. The summed E-state index contributed by atoms with van der Waals surface area (Å²) in [7, 11) is 0. The average molecular weight is 258 g/mol. The molecule has 1 atom stereocenters. The number of nitrogens with one attached hydrogen (secondary N) is 1. The Morgan fingerprint density at radius 1 is 1.41 bits per heavy atom. The summed E-state index contributed by atoms with van der Waals surface area (Å²) in [5.74, 6) is 1.60. The Hall–Kier alpha value is -0.870. The predicted octanol–water partition coefficient (Wildman–Crippen LogP) is 2.47. The van der Waals surface area contributed by atoms with Crippen molar-refractivity contribution >= 4 is 17.4 Å². The molecule has 17 heavy (non-hydrogen) atoms. The molecule has 4 nitrogen and oxygen atoms in total. The Labute approximate surface area is 107 Å². The molecule has 2 N–H and O–H groups in total. The lowest BCUT2D eigenvalue weighted by Gasteiger charge is -2.18. The van der Waals surface area contributed by atoms with E-state index in [1.807, 2.05) is 27.7 Å². The number of rotatable bonds is 4. The number of aliphatic hydroxyl groups is 1. The van der Waals surface area contributed by atoms with Crippen LogP contribution in [0.15, 0.2) is 6.07 Å². The highest BCUT2D eigenvalue weighted by Gasteiger charge is 2.18. The van der Waals surface area contributed by atoms with Gasteiger partial charge in [-0.05, 0) is 5.92 Å². The van der Waals surface area contributed by atoms with Crippen molar-refractivity contribution in [2.75, 3.05) is 18.5 Å². The Kier molecular flexibility index (Phi) is 4.71. The van der Waals surface area contributed by atoms with Gasteiger partial charge in [-0.15, -0.1) is 0 Å². The molecule has 0 bridgehead atoms. The second-order valence-electron chi connectivity index (χ2n) is 5.32. The Balaban J connectivity index is 2.83. The molecular formula is C12H20ClN3O. The lowest BCUT2D eigenvalue weighted by atomic mass is 9.96. The second kappa shape index (κ2) is 5.65. The quantitative estimate of drug-likeness (QED) is 0.814. The van der Waals surface area contributed by atoms with Crippen LogP contribution in [-0.2, 0) is 5.41 Å². The average Bonchev–Trinajstić information content (AvgIpc) is 2.24. The molecule has 1 heterocycles. The van der Waals surface area contributed by atoms with Gasteiger partial charge < -0.3 is 10.4 Å². The fourth-order valence-corrected chi connectivity index (χ4v) is 1.37. The monoisotopic (exact) mass is 257 g/mol. The van der Waals surface area contributed by atoms with E-state index in [0.717, 1.165) is 0 Å². The molecule has 0 spiro atoms. The number of aromatic nitrogens is 2. The molecule has 5 heteroatoms. The minimum Gasteiger partial charge on any atom is -0.396 e. The number of anilines is 1. The fraction of sp³-hybridized carbons (Fsp3) is 0.667. The Morgan fingerprint density at radius 3 is 2.59 bits per heavy atom. The van der Waals surface area contributed by atoms with E-state index in [2.05, 4.69) is 15.3 Å². The maximum atomic E-state index is 8.95. The third-order valence-electron chi connectivity index (χ3n) is 2.31. The van der Waals surface area contributed by atoms with Gasteiger partial charge in [0.15, 0.2) is 0 Å². The summed E-state index contributed by atoms with van der Waals surface area (Å²) >= 11 is 5.96. The van der Waals surface area contributed by atoms with Gasteiger partial charge in [-0.3, -0.25) is 0 Å². The van der Waals surface area contributed by atoms with Gasteiger partial charge in [0.25, 0.3) is 0 Å². The smallest absolute Gasteiger partial charge is 0.137 e. The van der Waals surface area contributed by atoms with Crippen LogP contribution in [0.5, 0.6) is 0 Å². The molecule has 0 aromatic carbocycles. The number of halogens is 1. The molecule has 1 rings (SSSR count). The summed E-state index contributed by atoms with van der Waals surface area (Å²) in [6.07, 6.45) is 0. The van der Waals surface area contributed by atoms with Gasteiger partial charge in [-0.2, -0.15) is 0 Å². The first-order valence-electron chi connectivity index (χ1n) is 5.72. The Bertz CT molecular complexity index is 377. The summed E-state index contributed by atoms with van der Waals surface area (Å²) in [6, 6.07) is 1.70. The molecule has 1 aromatic heterocycles. The minimum absolute atomic E-state index is 0.135. The van der Waals surface area contributed by atoms with Crippen LogP contribution in [0, 0.1) is 5.92 Å². The molecule has 0 aliphatic rings. The van der Waals surface area contributed by atoms with Crippen LogP contribution < -0.4 is 5.32 Å². The van der Waals surface area contributed by atoms with E-state index in [-0.39, 0.29) is 17.9 Å². The predicted molar refractivity (Wildman–Crippen MR) is 70.5 cm³/mol. The van der Waals surface area contributed by atoms with Gasteiger partial charge in [0.2, 0.25) is 0 Å². The molecule has 0 amide bonds. The van der Waals surface area contributed by atoms with Gasteiger partial charge in [0.05, 0.1) is 0 Å². The summed E-state index contributed by atoms with van der Waals surface area (Å²) < 4.78 is 0. The van der Waals surface area contributed by atoms with E-state index >= 15 is 0 Å². The molecule has 96 valence electrons. The van der Waals surface area contributed by atoms with Crippen LogP contribution in [0.3, 0.4) is 0 Å². The van der Waals surface area contributed by atoms with Crippen LogP contribution in [0.1, 0.15) is 33.5 Å². The van der Waals surface area contributed by atoms with Crippen LogP contribution in [0.4, 0.5) is 5.82 Å². The van der Waals surface area contributed by atoms with Crippen LogP contribution in [0.2, 0.25) is 5.15 Å². The lowest BCUT2D eigenvalue weighted by Crippen LogP contribution is -2.19. The van der Waals surface area contributed by atoms with E-state index in [1.54, 1.807) is 6.07 Å². The SMILES string of the molecule is CC(CO)CNc1cc(Cl)nc(C(C)(C)C)n1. The summed E-state index contributed by atoms with van der Waals surface area (Å²) in [4.78, 5) is 8.64. The van der Waals surface area contributed by atoms with Crippen molar-refractivity contribution in [3.63, 3.8) is 0 Å². The van der Waals surface area contributed by atoms with E-state index in [9.17, 15) is 0 Å². The van der Waals surface area contributed by atoms with Crippen LogP contribution in [-0.4, -0.2) is 28.2 Å². The first-order chi connectivity index (χ1) is 7.82. The van der Waals surface area contributed by atoms with Crippen molar-refractivity contribution in [3.05, 3.63) is 17.0 Å². The lowest BCUT2D eigenvalue weighted by molar-refractivity contribution is 0.244. The van der Waals surface area contributed by atoms with Crippen molar-refractivity contribution < 1.29 is 5.11 Å². The maximum absolute atomic E-state index is 8.95. The standard InChI is InChI=1S/C12H20ClN3O/c1-8(7-17)6-14-10-5-9(13)15-11(16-10)12(2,3)4/h5,8,17H,6-7H2,1-4H3,(H,14,15,16). The van der Waals surface area contributed by atoms with Gasteiger partial charge in [-0.1, -0.05) is 39.3 Å². The minimum atomic E-state index is -0.135. The maximum Gasteiger partial charge on any atom is 0.137 e. The molecule has 1 aromatic rings. The largest absolute Gasteiger partial charge is 0.396 e. The molecule has 0 aliphatic carbocycles. The second-order valence-corrected chi connectivity index (χ2v) is 5.71. The zero-order chi connectivity index (χ0) is 13.1. The number of aliphatic hydroxyl groups excluding tert-OH is 1. The normalized spacial score (nSPS) is 13.5. The fourth-order valence-electron chi connectivity index (χ4n) is 1.19. The molecular weight excluding hydrogens is 238 g/mol. The summed E-state index contributed by atoms with van der Waals surface area (Å²) in [6.45, 7) is 8.89. The van der Waals surface area contributed by atoms with Gasteiger partial charge in [-0.25, -0.2) is 9.97 Å². The molecule has 1 unspecified atom stereocenters. The van der Waals surface area contributed by atoms with Crippen LogP contribution >= 0.6 is 11.6 Å². The van der Waals surface area contributed by atoms with E-state index in [0.29, 0.717) is 23.3 Å². The highest BCUT2D eigenvalue weighted by Crippen LogP contribution is 2.22. The topological polar surface area (TPSA) is 58.0 Å². The molecule has 0 aliphatic heterocycles. The van der Waals surface area contributed by atoms with Crippen molar-refractivity contribution in [1.29, 1.82) is 0 Å². The first kappa shape index (κ1) is 14.2. The number of nitrogens with zero attached hydrogens (tertiary/aromatic N) is 2. The highest BCUT2D eigenvalue weighted by atomic mass is 35.5. The van der Waals surface area contributed by atoms with Crippen molar-refractivity contribution in [2.24, 2.45) is 5.92 Å². The van der Waals surface area contributed by atoms with Crippen molar-refractivity contribution in [3.8, 4) is 0 Å². The van der Waals surface area contributed by atoms with E-state index in [4.69, 9.17) is 16.7 Å². The third kappa shape index (κ3) is 4.48. The molecule has 0 saturated heterocycles. The summed E-state index contributed by atoms with van der Waals surface area (Å²) in [5.41, 5.74) is -0.135. The van der Waals surface area contributed by atoms with Crippen LogP contribution in [0.25, 0.3) is 0 Å². The van der Waals surface area contributed by atoms with Gasteiger partial charge >= 0.3 is 0 Å². The molecule has 0 saturated carbocycles. The van der Waals surface area contributed by atoms with Gasteiger partial charge in [0.1, 0.15) is 16.8 Å². The number of hydrogen-bond acceptors (Lipinski definition) is 4. The zero-order valence-electron chi connectivity index (χ0n) is 10.8. The Morgan fingerprint density at radius 2 is 2.06 bits per heavy atom. The highest BCUT2D eigenvalue weighted by molar-refractivity contribution is 6.29. The van der Waals surface area contributed by atoms with Crippen molar-refractivity contribution in [2.45, 2.75) is 33.1 Å². The zero-order valence-corrected chi connectivity index (χ0v) is 11.5. The molecule has 0 radical (unpaired) electrons. The number of hydrogen-bond donors (Lipinski definition) is 2. The van der Waals surface area contributed by atoms with E-state index in [1.165, 1.54) is 0 Å². The first-order valence-corrected chi connectivity index (χ1v) is 6.10. The van der Waals surface area contributed by atoms with Crippen molar-refractivity contribution in [1.82, 2.24) is 9.97 Å². The van der Waals surface area contributed by atoms with Gasteiger partial charge in [0, 0.05) is 24.6 Å². The third-order valence-corrected chi connectivity index (χ3v) is 2.50. The van der Waals surface area contributed by atoms with E-state index < -0.39 is 0 Å².